The first-order chi connectivity index (χ1) is 13.1. The van der Waals surface area contributed by atoms with Crippen molar-refractivity contribution >= 4 is 5.97 Å². The van der Waals surface area contributed by atoms with Gasteiger partial charge in [0.05, 0.1) is 12.7 Å². The smallest absolute Gasteiger partial charge is 0.333 e. The molecular formula is C24H38O3. The van der Waals surface area contributed by atoms with Gasteiger partial charge in [0.2, 0.25) is 0 Å². The van der Waals surface area contributed by atoms with E-state index in [2.05, 4.69) is 13.5 Å². The first kappa shape index (κ1) is 23.3. The SMILES string of the molecule is C=C(C)C(=O)OCCCCCC(CCCCCCCC)Oc1ccccc1. The highest BCUT2D eigenvalue weighted by Crippen LogP contribution is 2.19. The number of hydrogen-bond acceptors (Lipinski definition) is 3. The van der Waals surface area contributed by atoms with E-state index in [0.717, 1.165) is 37.9 Å². The molecule has 0 radical (unpaired) electrons. The Morgan fingerprint density at radius 2 is 1.52 bits per heavy atom. The van der Waals surface area contributed by atoms with Crippen LogP contribution in [0, 0.1) is 0 Å². The van der Waals surface area contributed by atoms with Crippen LogP contribution in [0.2, 0.25) is 0 Å². The predicted molar refractivity (Wildman–Crippen MR) is 113 cm³/mol. The molecule has 1 aromatic rings. The molecule has 27 heavy (non-hydrogen) atoms. The van der Waals surface area contributed by atoms with Gasteiger partial charge in [-0.2, -0.15) is 0 Å². The van der Waals surface area contributed by atoms with E-state index in [0.29, 0.717) is 12.2 Å². The quantitative estimate of drug-likeness (QED) is 0.180. The van der Waals surface area contributed by atoms with Crippen molar-refractivity contribution in [3.05, 3.63) is 42.5 Å². The lowest BCUT2D eigenvalue weighted by Crippen LogP contribution is -2.16. The zero-order valence-electron chi connectivity index (χ0n) is 17.4. The molecule has 0 heterocycles. The lowest BCUT2D eigenvalue weighted by Gasteiger charge is -2.19. The Morgan fingerprint density at radius 1 is 0.926 bits per heavy atom. The maximum Gasteiger partial charge on any atom is 0.333 e. The number of carbonyl (C=O) groups excluding carboxylic acids is 1. The molecule has 0 fully saturated rings. The third kappa shape index (κ3) is 12.3. The molecule has 3 nitrogen and oxygen atoms in total. The van der Waals surface area contributed by atoms with Gasteiger partial charge in [-0.15, -0.1) is 0 Å². The number of unbranched alkanes of at least 4 members (excludes halogenated alkanes) is 7. The van der Waals surface area contributed by atoms with Gasteiger partial charge >= 0.3 is 5.97 Å². The summed E-state index contributed by atoms with van der Waals surface area (Å²) in [6, 6.07) is 10.1. The van der Waals surface area contributed by atoms with Crippen molar-refractivity contribution in [3.63, 3.8) is 0 Å². The van der Waals surface area contributed by atoms with Gasteiger partial charge in [-0.05, 0) is 57.6 Å². The Morgan fingerprint density at radius 3 is 2.15 bits per heavy atom. The number of hydrogen-bond donors (Lipinski definition) is 0. The summed E-state index contributed by atoms with van der Waals surface area (Å²) in [6.07, 6.45) is 13.3. The van der Waals surface area contributed by atoms with Crippen LogP contribution < -0.4 is 4.74 Å². The highest BCUT2D eigenvalue weighted by Gasteiger charge is 2.11. The van der Waals surface area contributed by atoms with E-state index in [1.807, 2.05) is 30.3 Å². The summed E-state index contributed by atoms with van der Waals surface area (Å²) >= 11 is 0. The highest BCUT2D eigenvalue weighted by atomic mass is 16.5. The van der Waals surface area contributed by atoms with Crippen LogP contribution in [-0.4, -0.2) is 18.7 Å². The normalized spacial score (nSPS) is 11.8. The number of para-hydroxylation sites is 1. The average Bonchev–Trinajstić information content (AvgIpc) is 2.67. The number of rotatable bonds is 16. The van der Waals surface area contributed by atoms with E-state index in [1.165, 1.54) is 38.5 Å². The van der Waals surface area contributed by atoms with Crippen molar-refractivity contribution in [2.75, 3.05) is 6.61 Å². The Labute approximate surface area is 166 Å². The minimum atomic E-state index is -0.289. The summed E-state index contributed by atoms with van der Waals surface area (Å²) in [7, 11) is 0. The average molecular weight is 375 g/mol. The lowest BCUT2D eigenvalue weighted by molar-refractivity contribution is -0.139. The zero-order chi connectivity index (χ0) is 19.7. The first-order valence-corrected chi connectivity index (χ1v) is 10.7. The molecule has 1 atom stereocenters. The second kappa shape index (κ2) is 15.3. The fourth-order valence-electron chi connectivity index (χ4n) is 3.04. The zero-order valence-corrected chi connectivity index (χ0v) is 17.4. The summed E-state index contributed by atoms with van der Waals surface area (Å²) in [6.45, 7) is 8.00. The highest BCUT2D eigenvalue weighted by molar-refractivity contribution is 5.86. The monoisotopic (exact) mass is 374 g/mol. The molecule has 0 aromatic heterocycles. The van der Waals surface area contributed by atoms with Crippen LogP contribution in [0.25, 0.3) is 0 Å². The first-order valence-electron chi connectivity index (χ1n) is 10.7. The molecule has 0 aliphatic heterocycles. The van der Waals surface area contributed by atoms with Crippen LogP contribution in [-0.2, 0) is 9.53 Å². The van der Waals surface area contributed by atoms with Crippen molar-refractivity contribution in [2.45, 2.75) is 90.6 Å². The lowest BCUT2D eigenvalue weighted by atomic mass is 10.0. The molecule has 0 bridgehead atoms. The van der Waals surface area contributed by atoms with Crippen LogP contribution in [0.1, 0.15) is 84.5 Å². The Kier molecular flexibility index (Phi) is 13.2. The molecule has 3 heteroatoms. The Bertz CT molecular complexity index is 510. The Balaban J connectivity index is 2.26. The maximum absolute atomic E-state index is 11.4. The van der Waals surface area contributed by atoms with Crippen LogP contribution in [0.5, 0.6) is 5.75 Å². The standard InChI is InChI=1S/C24H38O3/c1-4-5-6-7-8-11-16-22(27-23-17-12-9-13-18-23)19-14-10-15-20-26-24(25)21(2)3/h9,12-13,17-18,22H,2,4-8,10-11,14-16,19-20H2,1,3H3. The van der Waals surface area contributed by atoms with Crippen molar-refractivity contribution in [2.24, 2.45) is 0 Å². The van der Waals surface area contributed by atoms with Crippen molar-refractivity contribution in [1.82, 2.24) is 0 Å². The van der Waals surface area contributed by atoms with Gasteiger partial charge in [-0.1, -0.05) is 63.8 Å². The molecule has 0 saturated heterocycles. The van der Waals surface area contributed by atoms with E-state index >= 15 is 0 Å². The van der Waals surface area contributed by atoms with Gasteiger partial charge in [0.15, 0.2) is 0 Å². The maximum atomic E-state index is 11.4. The van der Waals surface area contributed by atoms with Gasteiger partial charge in [0.25, 0.3) is 0 Å². The molecule has 1 unspecified atom stereocenters. The van der Waals surface area contributed by atoms with Crippen molar-refractivity contribution < 1.29 is 14.3 Å². The van der Waals surface area contributed by atoms with Crippen LogP contribution >= 0.6 is 0 Å². The summed E-state index contributed by atoms with van der Waals surface area (Å²) in [5.74, 6) is 0.673. The van der Waals surface area contributed by atoms with E-state index in [-0.39, 0.29) is 12.1 Å². The predicted octanol–water partition coefficient (Wildman–Crippen LogP) is 6.86. The van der Waals surface area contributed by atoms with Gasteiger partial charge in [-0.25, -0.2) is 4.79 Å². The van der Waals surface area contributed by atoms with Crippen LogP contribution in [0.4, 0.5) is 0 Å². The van der Waals surface area contributed by atoms with Crippen LogP contribution in [0.15, 0.2) is 42.5 Å². The molecule has 0 amide bonds. The molecule has 152 valence electrons. The molecule has 0 aliphatic rings. The number of carbonyl (C=O) groups is 1. The summed E-state index contributed by atoms with van der Waals surface area (Å²) < 4.78 is 11.4. The number of esters is 1. The van der Waals surface area contributed by atoms with Gasteiger partial charge < -0.3 is 9.47 Å². The van der Waals surface area contributed by atoms with E-state index in [4.69, 9.17) is 9.47 Å². The summed E-state index contributed by atoms with van der Waals surface area (Å²) in [4.78, 5) is 11.4. The van der Waals surface area contributed by atoms with Crippen LogP contribution in [0.3, 0.4) is 0 Å². The fourth-order valence-corrected chi connectivity index (χ4v) is 3.04. The molecule has 1 aromatic carbocycles. The second-order valence-electron chi connectivity index (χ2n) is 7.37. The second-order valence-corrected chi connectivity index (χ2v) is 7.37. The Hall–Kier alpha value is -1.77. The van der Waals surface area contributed by atoms with Crippen molar-refractivity contribution in [1.29, 1.82) is 0 Å². The summed E-state index contributed by atoms with van der Waals surface area (Å²) in [5, 5.41) is 0. The topological polar surface area (TPSA) is 35.5 Å². The van der Waals surface area contributed by atoms with E-state index in [1.54, 1.807) is 6.92 Å². The minimum absolute atomic E-state index is 0.275. The van der Waals surface area contributed by atoms with Gasteiger partial charge in [-0.3, -0.25) is 0 Å². The molecule has 0 N–H and O–H groups in total. The number of ether oxygens (including phenoxy) is 2. The minimum Gasteiger partial charge on any atom is -0.490 e. The third-order valence-electron chi connectivity index (χ3n) is 4.68. The van der Waals surface area contributed by atoms with Crippen molar-refractivity contribution in [3.8, 4) is 5.75 Å². The van der Waals surface area contributed by atoms with E-state index in [9.17, 15) is 4.79 Å². The fraction of sp³-hybridized carbons (Fsp3) is 0.625. The largest absolute Gasteiger partial charge is 0.490 e. The molecule has 0 spiro atoms. The van der Waals surface area contributed by atoms with E-state index < -0.39 is 0 Å². The summed E-state index contributed by atoms with van der Waals surface area (Å²) in [5.41, 5.74) is 0.463. The number of benzene rings is 1. The molecular weight excluding hydrogens is 336 g/mol. The van der Waals surface area contributed by atoms with Gasteiger partial charge in [0, 0.05) is 5.57 Å². The molecule has 0 saturated carbocycles. The molecule has 0 aliphatic carbocycles. The van der Waals surface area contributed by atoms with Gasteiger partial charge in [0.1, 0.15) is 5.75 Å². The third-order valence-corrected chi connectivity index (χ3v) is 4.68. The molecule has 1 rings (SSSR count).